The summed E-state index contributed by atoms with van der Waals surface area (Å²) in [6.07, 6.45) is 2.31. The van der Waals surface area contributed by atoms with Crippen LogP contribution in [0.15, 0.2) is 23.6 Å². The van der Waals surface area contributed by atoms with Gasteiger partial charge in [0.25, 0.3) is 5.91 Å². The predicted molar refractivity (Wildman–Crippen MR) is 137 cm³/mol. The van der Waals surface area contributed by atoms with Gasteiger partial charge < -0.3 is 25.6 Å². The summed E-state index contributed by atoms with van der Waals surface area (Å²) in [5.74, 6) is -1.36. The normalized spacial score (nSPS) is 15.5. The van der Waals surface area contributed by atoms with Gasteiger partial charge in [-0.05, 0) is 37.5 Å². The van der Waals surface area contributed by atoms with Crippen molar-refractivity contribution < 1.29 is 23.9 Å². The second-order valence-electron chi connectivity index (χ2n) is 8.12. The van der Waals surface area contributed by atoms with Crippen LogP contribution in [0.2, 0.25) is 10.0 Å². The molecule has 10 nitrogen and oxygen atoms in total. The first-order chi connectivity index (χ1) is 17.3. The van der Waals surface area contributed by atoms with Crippen LogP contribution in [0.3, 0.4) is 0 Å². The molecule has 1 atom stereocenters. The van der Waals surface area contributed by atoms with E-state index >= 15 is 0 Å². The maximum absolute atomic E-state index is 12.9. The fraction of sp³-hybridized carbons (Fsp3) is 0.435. The Morgan fingerprint density at radius 1 is 1.22 bits per heavy atom. The Labute approximate surface area is 222 Å². The number of hydrogen-bond donors (Lipinski definition) is 3. The van der Waals surface area contributed by atoms with Gasteiger partial charge in [0.15, 0.2) is 5.13 Å². The maximum Gasteiger partial charge on any atom is 0.254 e. The maximum atomic E-state index is 12.9. The minimum absolute atomic E-state index is 0.0219. The van der Waals surface area contributed by atoms with Gasteiger partial charge in [0.05, 0.1) is 28.8 Å². The monoisotopic (exact) mass is 555 g/mol. The van der Waals surface area contributed by atoms with Crippen LogP contribution in [0.4, 0.5) is 5.13 Å². The zero-order valence-electron chi connectivity index (χ0n) is 19.6. The topological polar surface area (TPSA) is 130 Å². The van der Waals surface area contributed by atoms with E-state index in [4.69, 9.17) is 27.9 Å². The third-order valence-electron chi connectivity index (χ3n) is 5.36. The van der Waals surface area contributed by atoms with Crippen LogP contribution < -0.4 is 16.0 Å². The van der Waals surface area contributed by atoms with Crippen LogP contribution in [0, 0.1) is 0 Å². The summed E-state index contributed by atoms with van der Waals surface area (Å²) in [6.45, 7) is 0.786. The molecule has 1 aromatic heterocycles. The van der Waals surface area contributed by atoms with Crippen molar-refractivity contribution in [3.63, 3.8) is 0 Å². The SMILES string of the molecule is COCCN(CC(=O)Nc1nc(CC(=O)NC2CCCCNC2=O)cs1)C(=O)c1ccc(Cl)c(Cl)c1. The lowest BCUT2D eigenvalue weighted by molar-refractivity contribution is -0.128. The molecule has 13 heteroatoms. The van der Waals surface area contributed by atoms with Crippen molar-refractivity contribution in [2.45, 2.75) is 31.7 Å². The molecule has 0 radical (unpaired) electrons. The van der Waals surface area contributed by atoms with E-state index in [1.165, 1.54) is 30.2 Å². The van der Waals surface area contributed by atoms with Gasteiger partial charge in [-0.3, -0.25) is 19.2 Å². The smallest absolute Gasteiger partial charge is 0.254 e. The van der Waals surface area contributed by atoms with Gasteiger partial charge in [0.1, 0.15) is 12.6 Å². The van der Waals surface area contributed by atoms with E-state index < -0.39 is 17.9 Å². The average Bonchev–Trinajstić information content (AvgIpc) is 3.17. The number of thiazole rings is 1. The van der Waals surface area contributed by atoms with Gasteiger partial charge in [0, 0.05) is 31.1 Å². The lowest BCUT2D eigenvalue weighted by Gasteiger charge is -2.22. The Morgan fingerprint density at radius 2 is 2.03 bits per heavy atom. The molecule has 0 spiro atoms. The largest absolute Gasteiger partial charge is 0.383 e. The molecule has 2 heterocycles. The highest BCUT2D eigenvalue weighted by Crippen LogP contribution is 2.23. The highest BCUT2D eigenvalue weighted by Gasteiger charge is 2.23. The Hall–Kier alpha value is -2.73. The Kier molecular flexibility index (Phi) is 10.5. The van der Waals surface area contributed by atoms with Gasteiger partial charge in [-0.2, -0.15) is 0 Å². The number of hydrogen-bond acceptors (Lipinski definition) is 7. The van der Waals surface area contributed by atoms with E-state index in [0.29, 0.717) is 34.4 Å². The number of amides is 4. The summed E-state index contributed by atoms with van der Waals surface area (Å²) >= 11 is 13.1. The Balaban J connectivity index is 1.56. The lowest BCUT2D eigenvalue weighted by Crippen LogP contribution is -2.46. The van der Waals surface area contributed by atoms with Crippen molar-refractivity contribution in [3.8, 4) is 0 Å². The second-order valence-corrected chi connectivity index (χ2v) is 9.80. The molecule has 1 aliphatic heterocycles. The molecule has 3 N–H and O–H groups in total. The highest BCUT2D eigenvalue weighted by molar-refractivity contribution is 7.13. The van der Waals surface area contributed by atoms with Crippen LogP contribution >= 0.6 is 34.5 Å². The molecule has 1 fully saturated rings. The van der Waals surface area contributed by atoms with Gasteiger partial charge in [-0.25, -0.2) is 4.98 Å². The number of anilines is 1. The molecule has 1 unspecified atom stereocenters. The fourth-order valence-electron chi connectivity index (χ4n) is 3.53. The van der Waals surface area contributed by atoms with Gasteiger partial charge in [-0.1, -0.05) is 23.2 Å². The number of methoxy groups -OCH3 is 1. The number of ether oxygens (including phenoxy) is 1. The van der Waals surface area contributed by atoms with Crippen LogP contribution in [0.25, 0.3) is 0 Å². The molecule has 1 aromatic carbocycles. The number of benzene rings is 1. The summed E-state index contributed by atoms with van der Waals surface area (Å²) in [5.41, 5.74) is 0.753. The van der Waals surface area contributed by atoms with E-state index in [9.17, 15) is 19.2 Å². The Morgan fingerprint density at radius 3 is 2.78 bits per heavy atom. The molecule has 0 aliphatic carbocycles. The van der Waals surface area contributed by atoms with Crippen molar-refractivity contribution in [1.29, 1.82) is 0 Å². The fourth-order valence-corrected chi connectivity index (χ4v) is 4.55. The molecule has 4 amide bonds. The first kappa shape index (κ1) is 27.9. The van der Waals surface area contributed by atoms with E-state index in [2.05, 4.69) is 20.9 Å². The van der Waals surface area contributed by atoms with Crippen LogP contribution in [0.5, 0.6) is 0 Å². The molecular weight excluding hydrogens is 529 g/mol. The number of rotatable bonds is 10. The third-order valence-corrected chi connectivity index (χ3v) is 6.91. The molecular formula is C23H27Cl2N5O5S. The summed E-state index contributed by atoms with van der Waals surface area (Å²) < 4.78 is 5.06. The van der Waals surface area contributed by atoms with E-state index in [0.717, 1.165) is 24.2 Å². The number of carbonyl (C=O) groups is 4. The minimum atomic E-state index is -0.552. The number of nitrogens with zero attached hydrogens (tertiary/aromatic N) is 2. The quantitative estimate of drug-likeness (QED) is 0.413. The number of carbonyl (C=O) groups excluding carboxylic acids is 4. The molecule has 1 aliphatic rings. The second kappa shape index (κ2) is 13.5. The number of aromatic nitrogens is 1. The molecule has 36 heavy (non-hydrogen) atoms. The zero-order valence-corrected chi connectivity index (χ0v) is 22.0. The minimum Gasteiger partial charge on any atom is -0.383 e. The van der Waals surface area contributed by atoms with Crippen LogP contribution in [0.1, 0.15) is 35.3 Å². The number of halogens is 2. The van der Waals surface area contributed by atoms with Crippen LogP contribution in [-0.4, -0.2) is 72.9 Å². The van der Waals surface area contributed by atoms with Gasteiger partial charge in [-0.15, -0.1) is 11.3 Å². The van der Waals surface area contributed by atoms with E-state index in [1.54, 1.807) is 5.38 Å². The lowest BCUT2D eigenvalue weighted by atomic mass is 10.1. The van der Waals surface area contributed by atoms with Gasteiger partial charge >= 0.3 is 0 Å². The van der Waals surface area contributed by atoms with Crippen molar-refractivity contribution in [2.75, 3.05) is 38.7 Å². The highest BCUT2D eigenvalue weighted by atomic mass is 35.5. The van der Waals surface area contributed by atoms with E-state index in [-0.39, 0.29) is 43.0 Å². The van der Waals surface area contributed by atoms with Crippen molar-refractivity contribution in [2.24, 2.45) is 0 Å². The third kappa shape index (κ3) is 8.16. The molecule has 0 saturated carbocycles. The summed E-state index contributed by atoms with van der Waals surface area (Å²) in [6, 6.07) is 3.94. The average molecular weight is 556 g/mol. The van der Waals surface area contributed by atoms with Crippen LogP contribution in [-0.2, 0) is 25.5 Å². The first-order valence-electron chi connectivity index (χ1n) is 11.3. The van der Waals surface area contributed by atoms with Crippen molar-refractivity contribution in [3.05, 3.63) is 44.9 Å². The summed E-state index contributed by atoms with van der Waals surface area (Å²) in [7, 11) is 1.50. The molecule has 2 aromatic rings. The standard InChI is InChI=1S/C23H27Cl2N5O5S/c1-35-9-8-30(22(34)14-5-6-16(24)17(25)10-14)12-20(32)29-23-27-15(13-36-23)11-19(31)28-18-4-2-3-7-26-21(18)33/h5-6,10,13,18H,2-4,7-9,11-12H2,1H3,(H,26,33)(H,28,31)(H,27,29,32). The van der Waals surface area contributed by atoms with E-state index in [1.807, 2.05) is 0 Å². The summed E-state index contributed by atoms with van der Waals surface area (Å²) in [4.78, 5) is 55.6. The molecule has 194 valence electrons. The van der Waals surface area contributed by atoms with Crippen molar-refractivity contribution >= 4 is 63.3 Å². The first-order valence-corrected chi connectivity index (χ1v) is 12.9. The molecule has 3 rings (SSSR count). The number of nitrogens with one attached hydrogen (secondary N) is 3. The molecule has 1 saturated heterocycles. The molecule has 0 bridgehead atoms. The predicted octanol–water partition coefficient (Wildman–Crippen LogP) is 2.50. The van der Waals surface area contributed by atoms with Crippen molar-refractivity contribution in [1.82, 2.24) is 20.5 Å². The summed E-state index contributed by atoms with van der Waals surface area (Å²) in [5, 5.41) is 10.7. The zero-order chi connectivity index (χ0) is 26.1. The Bertz CT molecular complexity index is 1110. The van der Waals surface area contributed by atoms with Gasteiger partial charge in [0.2, 0.25) is 17.7 Å².